The zero-order chi connectivity index (χ0) is 10.5. The van der Waals surface area contributed by atoms with Crippen molar-refractivity contribution < 1.29 is 4.90 Å². The average molecular weight is 269 g/mol. The Hall–Kier alpha value is -0.340. The molecule has 15 heavy (non-hydrogen) atoms. The van der Waals surface area contributed by atoms with Crippen molar-refractivity contribution in [3.63, 3.8) is 0 Å². The van der Waals surface area contributed by atoms with Gasteiger partial charge in [0.05, 0.1) is 13.1 Å². The molecule has 1 nitrogen and oxygen atoms in total. The topological polar surface area (TPSA) is 4.44 Å². The van der Waals surface area contributed by atoms with Crippen LogP contribution in [0.5, 0.6) is 0 Å². The van der Waals surface area contributed by atoms with E-state index in [9.17, 15) is 0 Å². The van der Waals surface area contributed by atoms with Gasteiger partial charge in [0.2, 0.25) is 0 Å². The maximum Gasteiger partial charge on any atom is 0.104 e. The molecule has 1 saturated heterocycles. The van der Waals surface area contributed by atoms with Crippen molar-refractivity contribution in [1.82, 2.24) is 0 Å². The third-order valence-electron chi connectivity index (χ3n) is 3.21. The molecule has 0 amide bonds. The van der Waals surface area contributed by atoms with Gasteiger partial charge in [-0.3, -0.25) is 0 Å². The van der Waals surface area contributed by atoms with Gasteiger partial charge in [0.1, 0.15) is 6.54 Å². The van der Waals surface area contributed by atoms with Crippen LogP contribution in [0.2, 0.25) is 0 Å². The van der Waals surface area contributed by atoms with E-state index in [1.807, 2.05) is 0 Å². The first kappa shape index (κ1) is 11.2. The Balaban J connectivity index is 1.98. The average Bonchev–Trinajstić information content (AvgIpc) is 2.50. The van der Waals surface area contributed by atoms with Crippen LogP contribution in [0.3, 0.4) is 0 Å². The second kappa shape index (κ2) is 5.66. The van der Waals surface area contributed by atoms with Crippen LogP contribution < -0.4 is 4.90 Å². The lowest BCUT2D eigenvalue weighted by atomic mass is 10.2. The molecule has 1 aliphatic rings. The van der Waals surface area contributed by atoms with Gasteiger partial charge < -0.3 is 4.90 Å². The van der Waals surface area contributed by atoms with Crippen molar-refractivity contribution in [3.8, 4) is 0 Å². The molecule has 1 aliphatic heterocycles. The molecule has 1 N–H and O–H groups in total. The van der Waals surface area contributed by atoms with Gasteiger partial charge in [-0.1, -0.05) is 34.1 Å². The van der Waals surface area contributed by atoms with Crippen LogP contribution in [-0.2, 0) is 6.54 Å². The van der Waals surface area contributed by atoms with E-state index in [1.54, 1.807) is 4.90 Å². The number of nitrogens with one attached hydrogen (secondary N) is 1. The molecule has 0 radical (unpaired) electrons. The van der Waals surface area contributed by atoms with Crippen molar-refractivity contribution in [2.75, 3.05) is 13.1 Å². The van der Waals surface area contributed by atoms with Gasteiger partial charge in [0, 0.05) is 10.0 Å². The normalized spacial score (nSPS) is 18.7. The lowest BCUT2D eigenvalue weighted by Crippen LogP contribution is -3.10. The molecule has 0 atom stereocenters. The molecule has 2 heteroatoms. The molecule has 1 fully saturated rings. The lowest BCUT2D eigenvalue weighted by Gasteiger charge is -2.17. The fourth-order valence-electron chi connectivity index (χ4n) is 2.32. The van der Waals surface area contributed by atoms with E-state index in [-0.39, 0.29) is 0 Å². The first-order valence-corrected chi connectivity index (χ1v) is 6.72. The number of quaternary nitrogens is 1. The molecule has 0 aliphatic carbocycles. The molecule has 1 aromatic carbocycles. The Labute approximate surface area is 101 Å². The van der Waals surface area contributed by atoms with Gasteiger partial charge in [-0.15, -0.1) is 0 Å². The molecule has 1 heterocycles. The number of halogens is 1. The highest BCUT2D eigenvalue weighted by Gasteiger charge is 2.13. The highest BCUT2D eigenvalue weighted by molar-refractivity contribution is 9.10. The molecule has 82 valence electrons. The van der Waals surface area contributed by atoms with Gasteiger partial charge in [-0.05, 0) is 31.7 Å². The maximum atomic E-state index is 3.63. The third-order valence-corrected chi connectivity index (χ3v) is 3.98. The molecule has 0 aromatic heterocycles. The molecular formula is C13H19BrN+. The predicted octanol–water partition coefficient (Wildman–Crippen LogP) is 2.41. The van der Waals surface area contributed by atoms with Crippen LogP contribution in [0, 0.1) is 0 Å². The summed E-state index contributed by atoms with van der Waals surface area (Å²) in [7, 11) is 0. The summed E-state index contributed by atoms with van der Waals surface area (Å²) in [5.74, 6) is 0. The fraction of sp³-hybridized carbons (Fsp3) is 0.538. The summed E-state index contributed by atoms with van der Waals surface area (Å²) in [5.41, 5.74) is 1.45. The van der Waals surface area contributed by atoms with E-state index in [2.05, 4.69) is 40.2 Å². The van der Waals surface area contributed by atoms with Crippen LogP contribution in [0.1, 0.15) is 31.2 Å². The minimum atomic E-state index is 1.18. The summed E-state index contributed by atoms with van der Waals surface area (Å²) in [6.07, 6.45) is 5.67. The third kappa shape index (κ3) is 3.32. The first-order valence-electron chi connectivity index (χ1n) is 5.93. The zero-order valence-electron chi connectivity index (χ0n) is 9.14. The number of benzene rings is 1. The minimum Gasteiger partial charge on any atom is -0.331 e. The van der Waals surface area contributed by atoms with Crippen LogP contribution >= 0.6 is 15.9 Å². The zero-order valence-corrected chi connectivity index (χ0v) is 10.7. The van der Waals surface area contributed by atoms with Gasteiger partial charge in [-0.2, -0.15) is 0 Å². The first-order chi connectivity index (χ1) is 7.36. The van der Waals surface area contributed by atoms with Crippen molar-refractivity contribution in [1.29, 1.82) is 0 Å². The minimum absolute atomic E-state index is 1.18. The summed E-state index contributed by atoms with van der Waals surface area (Å²) < 4.78 is 1.27. The number of hydrogen-bond donors (Lipinski definition) is 1. The Morgan fingerprint density at radius 3 is 2.33 bits per heavy atom. The SMILES string of the molecule is Brc1ccccc1C[NH+]1CCCCCC1. The van der Waals surface area contributed by atoms with Gasteiger partial charge in [0.25, 0.3) is 0 Å². The van der Waals surface area contributed by atoms with Crippen LogP contribution in [0.4, 0.5) is 0 Å². The summed E-state index contributed by atoms with van der Waals surface area (Å²) in [6.45, 7) is 3.88. The maximum absolute atomic E-state index is 3.63. The quantitative estimate of drug-likeness (QED) is 0.841. The Bertz CT molecular complexity index is 303. The Morgan fingerprint density at radius 1 is 1.00 bits per heavy atom. The Kier molecular flexibility index (Phi) is 4.21. The van der Waals surface area contributed by atoms with Crippen molar-refractivity contribution in [2.24, 2.45) is 0 Å². The van der Waals surface area contributed by atoms with E-state index in [1.165, 1.54) is 55.4 Å². The van der Waals surface area contributed by atoms with E-state index in [0.717, 1.165) is 0 Å². The largest absolute Gasteiger partial charge is 0.331 e. The van der Waals surface area contributed by atoms with Crippen LogP contribution in [0.15, 0.2) is 28.7 Å². The highest BCUT2D eigenvalue weighted by atomic mass is 79.9. The summed E-state index contributed by atoms with van der Waals surface area (Å²) in [5, 5.41) is 0. The van der Waals surface area contributed by atoms with E-state index < -0.39 is 0 Å². The molecule has 1 aromatic rings. The van der Waals surface area contributed by atoms with E-state index >= 15 is 0 Å². The van der Waals surface area contributed by atoms with Crippen molar-refractivity contribution >= 4 is 15.9 Å². The van der Waals surface area contributed by atoms with Gasteiger partial charge in [-0.25, -0.2) is 0 Å². The summed E-state index contributed by atoms with van der Waals surface area (Å²) >= 11 is 3.63. The van der Waals surface area contributed by atoms with Crippen LogP contribution in [-0.4, -0.2) is 13.1 Å². The van der Waals surface area contributed by atoms with Crippen LogP contribution in [0.25, 0.3) is 0 Å². The molecule has 0 saturated carbocycles. The molecular weight excluding hydrogens is 250 g/mol. The smallest absolute Gasteiger partial charge is 0.104 e. The molecule has 0 bridgehead atoms. The molecule has 2 rings (SSSR count). The van der Waals surface area contributed by atoms with Gasteiger partial charge in [0.15, 0.2) is 0 Å². The Morgan fingerprint density at radius 2 is 1.67 bits per heavy atom. The fourth-order valence-corrected chi connectivity index (χ4v) is 2.74. The van der Waals surface area contributed by atoms with Gasteiger partial charge >= 0.3 is 0 Å². The number of hydrogen-bond acceptors (Lipinski definition) is 0. The number of rotatable bonds is 2. The second-order valence-electron chi connectivity index (χ2n) is 4.43. The lowest BCUT2D eigenvalue weighted by molar-refractivity contribution is -0.913. The molecule has 0 unspecified atom stereocenters. The summed E-state index contributed by atoms with van der Waals surface area (Å²) in [4.78, 5) is 1.75. The van der Waals surface area contributed by atoms with Crippen molar-refractivity contribution in [3.05, 3.63) is 34.3 Å². The van der Waals surface area contributed by atoms with Crippen molar-refractivity contribution in [2.45, 2.75) is 32.2 Å². The molecule has 0 spiro atoms. The number of likely N-dealkylation sites (tertiary alicyclic amines) is 1. The van der Waals surface area contributed by atoms with E-state index in [0.29, 0.717) is 0 Å². The standard InChI is InChI=1S/C13H18BrN/c14-13-8-4-3-7-12(13)11-15-9-5-1-2-6-10-15/h3-4,7-8H,1-2,5-6,9-11H2/p+1. The highest BCUT2D eigenvalue weighted by Crippen LogP contribution is 2.14. The monoisotopic (exact) mass is 268 g/mol. The predicted molar refractivity (Wildman–Crippen MR) is 67.0 cm³/mol. The van der Waals surface area contributed by atoms with E-state index in [4.69, 9.17) is 0 Å². The second-order valence-corrected chi connectivity index (χ2v) is 5.29. The summed E-state index contributed by atoms with van der Waals surface area (Å²) in [6, 6.07) is 8.61.